The Morgan fingerprint density at radius 1 is 1.20 bits per heavy atom. The SMILES string of the molecule is Cc1ccc(-n2nc(C(=O)NC(C)(C)C)cc2-c2cn(C)cn2)cn1. The van der Waals surface area contributed by atoms with Crippen LogP contribution in [-0.4, -0.2) is 35.8 Å². The average Bonchev–Trinajstić information content (AvgIpc) is 3.12. The van der Waals surface area contributed by atoms with Crippen molar-refractivity contribution in [1.29, 1.82) is 0 Å². The summed E-state index contributed by atoms with van der Waals surface area (Å²) < 4.78 is 3.56. The fourth-order valence-electron chi connectivity index (χ4n) is 2.41. The van der Waals surface area contributed by atoms with E-state index in [4.69, 9.17) is 0 Å². The number of imidazole rings is 1. The number of aromatic nitrogens is 5. The molecule has 0 bridgehead atoms. The van der Waals surface area contributed by atoms with Gasteiger partial charge in [0, 0.05) is 24.5 Å². The standard InChI is InChI=1S/C18H22N6O/c1-12-6-7-13(9-19-12)24-16(15-10-23(5)11-20-15)8-14(22-24)17(25)21-18(2,3)4/h6-11H,1-5H3,(H,21,25). The minimum absolute atomic E-state index is 0.219. The summed E-state index contributed by atoms with van der Waals surface area (Å²) in [4.78, 5) is 21.2. The highest BCUT2D eigenvalue weighted by Crippen LogP contribution is 2.22. The summed E-state index contributed by atoms with van der Waals surface area (Å²) in [5.74, 6) is -0.219. The number of hydrogen-bond donors (Lipinski definition) is 1. The van der Waals surface area contributed by atoms with Crippen molar-refractivity contribution < 1.29 is 4.79 Å². The van der Waals surface area contributed by atoms with Crippen LogP contribution in [0.4, 0.5) is 0 Å². The van der Waals surface area contributed by atoms with Crippen LogP contribution in [0.2, 0.25) is 0 Å². The first-order valence-corrected chi connectivity index (χ1v) is 8.07. The molecule has 0 atom stereocenters. The minimum atomic E-state index is -0.336. The molecular weight excluding hydrogens is 316 g/mol. The van der Waals surface area contributed by atoms with Gasteiger partial charge in [0.2, 0.25) is 0 Å². The second-order valence-electron chi connectivity index (χ2n) is 7.11. The number of nitrogens with one attached hydrogen (secondary N) is 1. The molecule has 3 aromatic heterocycles. The minimum Gasteiger partial charge on any atom is -0.346 e. The van der Waals surface area contributed by atoms with Gasteiger partial charge in [0.15, 0.2) is 5.69 Å². The Balaban J connectivity index is 2.08. The van der Waals surface area contributed by atoms with E-state index in [2.05, 4.69) is 20.4 Å². The molecule has 0 radical (unpaired) electrons. The molecule has 3 aromatic rings. The second kappa shape index (κ2) is 6.16. The van der Waals surface area contributed by atoms with E-state index in [0.717, 1.165) is 22.8 Å². The summed E-state index contributed by atoms with van der Waals surface area (Å²) in [6.07, 6.45) is 5.34. The maximum absolute atomic E-state index is 12.5. The van der Waals surface area contributed by atoms with Gasteiger partial charge in [0.1, 0.15) is 5.69 Å². The Bertz CT molecular complexity index is 899. The van der Waals surface area contributed by atoms with Gasteiger partial charge >= 0.3 is 0 Å². The molecule has 0 unspecified atom stereocenters. The largest absolute Gasteiger partial charge is 0.346 e. The topological polar surface area (TPSA) is 77.6 Å². The predicted molar refractivity (Wildman–Crippen MR) is 95.5 cm³/mol. The monoisotopic (exact) mass is 338 g/mol. The predicted octanol–water partition coefficient (Wildman–Crippen LogP) is 2.50. The van der Waals surface area contributed by atoms with Crippen LogP contribution >= 0.6 is 0 Å². The normalized spacial score (nSPS) is 11.6. The Morgan fingerprint density at radius 3 is 2.52 bits per heavy atom. The number of carbonyl (C=O) groups is 1. The van der Waals surface area contributed by atoms with Crippen molar-refractivity contribution >= 4 is 5.91 Å². The van der Waals surface area contributed by atoms with Gasteiger partial charge in [0.25, 0.3) is 5.91 Å². The zero-order chi connectivity index (χ0) is 18.2. The molecule has 3 rings (SSSR count). The molecule has 0 aromatic carbocycles. The van der Waals surface area contributed by atoms with Gasteiger partial charge in [-0.3, -0.25) is 9.78 Å². The molecule has 7 nitrogen and oxygen atoms in total. The molecule has 0 fully saturated rings. The highest BCUT2D eigenvalue weighted by atomic mass is 16.2. The van der Waals surface area contributed by atoms with Crippen molar-refractivity contribution in [2.45, 2.75) is 33.2 Å². The number of pyridine rings is 1. The second-order valence-corrected chi connectivity index (χ2v) is 7.11. The van der Waals surface area contributed by atoms with Gasteiger partial charge in [-0.2, -0.15) is 5.10 Å². The van der Waals surface area contributed by atoms with E-state index in [1.165, 1.54) is 0 Å². The molecular formula is C18H22N6O. The van der Waals surface area contributed by atoms with E-state index in [1.54, 1.807) is 23.3 Å². The molecule has 0 aliphatic carbocycles. The molecule has 3 heterocycles. The van der Waals surface area contributed by atoms with Crippen LogP contribution < -0.4 is 5.32 Å². The zero-order valence-electron chi connectivity index (χ0n) is 15.1. The first-order valence-electron chi connectivity index (χ1n) is 8.07. The summed E-state index contributed by atoms with van der Waals surface area (Å²) in [5.41, 5.74) is 3.19. The Morgan fingerprint density at radius 2 is 1.96 bits per heavy atom. The molecule has 130 valence electrons. The number of nitrogens with zero attached hydrogens (tertiary/aromatic N) is 5. The first kappa shape index (κ1) is 16.9. The lowest BCUT2D eigenvalue weighted by Crippen LogP contribution is -2.40. The van der Waals surface area contributed by atoms with Crippen molar-refractivity contribution in [3.05, 3.63) is 48.3 Å². The fraction of sp³-hybridized carbons (Fsp3) is 0.333. The van der Waals surface area contributed by atoms with Crippen LogP contribution in [0.15, 0.2) is 36.9 Å². The zero-order valence-corrected chi connectivity index (χ0v) is 15.1. The summed E-state index contributed by atoms with van der Waals surface area (Å²) in [6.45, 7) is 7.73. The van der Waals surface area contributed by atoms with Gasteiger partial charge in [-0.05, 0) is 45.9 Å². The van der Waals surface area contributed by atoms with Crippen LogP contribution in [0.5, 0.6) is 0 Å². The molecule has 25 heavy (non-hydrogen) atoms. The van der Waals surface area contributed by atoms with Crippen LogP contribution in [0.1, 0.15) is 37.0 Å². The lowest BCUT2D eigenvalue weighted by atomic mass is 10.1. The van der Waals surface area contributed by atoms with Crippen LogP contribution in [0.25, 0.3) is 17.1 Å². The van der Waals surface area contributed by atoms with E-state index in [0.29, 0.717) is 5.69 Å². The van der Waals surface area contributed by atoms with E-state index < -0.39 is 0 Å². The third-order valence-corrected chi connectivity index (χ3v) is 3.54. The van der Waals surface area contributed by atoms with E-state index in [9.17, 15) is 4.79 Å². The van der Waals surface area contributed by atoms with Crippen molar-refractivity contribution in [2.75, 3.05) is 0 Å². The van der Waals surface area contributed by atoms with Gasteiger partial charge in [0.05, 0.1) is 23.9 Å². The Hall–Kier alpha value is -2.96. The van der Waals surface area contributed by atoms with E-state index >= 15 is 0 Å². The summed E-state index contributed by atoms with van der Waals surface area (Å²) in [6, 6.07) is 5.59. The van der Waals surface area contributed by atoms with Crippen molar-refractivity contribution in [3.63, 3.8) is 0 Å². The molecule has 1 N–H and O–H groups in total. The smallest absolute Gasteiger partial charge is 0.272 e. The van der Waals surface area contributed by atoms with Gasteiger partial charge in [-0.15, -0.1) is 0 Å². The molecule has 7 heteroatoms. The molecule has 0 saturated carbocycles. The number of carbonyl (C=O) groups excluding carboxylic acids is 1. The number of aryl methyl sites for hydroxylation is 2. The summed E-state index contributed by atoms with van der Waals surface area (Å²) in [5, 5.41) is 7.43. The van der Waals surface area contributed by atoms with Crippen molar-refractivity contribution in [1.82, 2.24) is 29.6 Å². The van der Waals surface area contributed by atoms with Crippen molar-refractivity contribution in [3.8, 4) is 17.1 Å². The van der Waals surface area contributed by atoms with Crippen molar-refractivity contribution in [2.24, 2.45) is 7.05 Å². The number of hydrogen-bond acceptors (Lipinski definition) is 4. The quantitative estimate of drug-likeness (QED) is 0.796. The van der Waals surface area contributed by atoms with E-state index in [1.807, 2.05) is 57.6 Å². The average molecular weight is 338 g/mol. The van der Waals surface area contributed by atoms with E-state index in [-0.39, 0.29) is 11.4 Å². The highest BCUT2D eigenvalue weighted by Gasteiger charge is 2.21. The van der Waals surface area contributed by atoms with Crippen LogP contribution in [0.3, 0.4) is 0 Å². The Labute approximate surface area is 146 Å². The maximum Gasteiger partial charge on any atom is 0.272 e. The van der Waals surface area contributed by atoms with Crippen LogP contribution in [-0.2, 0) is 7.05 Å². The maximum atomic E-state index is 12.5. The van der Waals surface area contributed by atoms with Gasteiger partial charge < -0.3 is 9.88 Å². The third-order valence-electron chi connectivity index (χ3n) is 3.54. The molecule has 0 aliphatic heterocycles. The van der Waals surface area contributed by atoms with Crippen LogP contribution in [0, 0.1) is 6.92 Å². The number of amides is 1. The molecule has 0 saturated heterocycles. The van der Waals surface area contributed by atoms with Gasteiger partial charge in [-0.1, -0.05) is 0 Å². The summed E-state index contributed by atoms with van der Waals surface area (Å²) >= 11 is 0. The van der Waals surface area contributed by atoms with Gasteiger partial charge in [-0.25, -0.2) is 9.67 Å². The highest BCUT2D eigenvalue weighted by molar-refractivity contribution is 5.94. The number of rotatable bonds is 3. The first-order chi connectivity index (χ1) is 11.7. The fourth-order valence-corrected chi connectivity index (χ4v) is 2.41. The molecule has 0 aliphatic rings. The third kappa shape index (κ3) is 3.76. The molecule has 0 spiro atoms. The Kier molecular flexibility index (Phi) is 4.16. The summed E-state index contributed by atoms with van der Waals surface area (Å²) in [7, 11) is 1.90. The molecule has 1 amide bonds. The lowest BCUT2D eigenvalue weighted by molar-refractivity contribution is 0.0914. The lowest BCUT2D eigenvalue weighted by Gasteiger charge is -2.19.